The number of carboxylic acids is 1. The van der Waals surface area contributed by atoms with Gasteiger partial charge in [0.25, 0.3) is 0 Å². The van der Waals surface area contributed by atoms with Crippen molar-refractivity contribution in [1.29, 1.82) is 0 Å². The molecule has 0 aliphatic heterocycles. The summed E-state index contributed by atoms with van der Waals surface area (Å²) in [6.45, 7) is 1.51. The van der Waals surface area contributed by atoms with Crippen LogP contribution in [0.5, 0.6) is 5.75 Å². The number of H-pyrrole nitrogens is 1. The lowest BCUT2D eigenvalue weighted by molar-refractivity contribution is -0.274. The quantitative estimate of drug-likeness (QED) is 0.399. The highest BCUT2D eigenvalue weighted by molar-refractivity contribution is 5.97. The van der Waals surface area contributed by atoms with E-state index in [4.69, 9.17) is 0 Å². The number of ether oxygens (including phenoxy) is 1. The minimum absolute atomic E-state index is 0.0257. The number of carboxylic acid groups (broad SMARTS) is 1. The van der Waals surface area contributed by atoms with Crippen LogP contribution in [-0.4, -0.2) is 27.0 Å². The Morgan fingerprint density at radius 3 is 2.51 bits per heavy atom. The number of aromatic nitrogens is 2. The summed E-state index contributed by atoms with van der Waals surface area (Å²) in [5.41, 5.74) is -1.69. The van der Waals surface area contributed by atoms with Gasteiger partial charge < -0.3 is 19.4 Å². The predicted molar refractivity (Wildman–Crippen MR) is 118 cm³/mol. The van der Waals surface area contributed by atoms with Crippen LogP contribution in [-0.2, 0) is 0 Å². The Morgan fingerprint density at radius 1 is 1.17 bits per heavy atom. The lowest BCUT2D eigenvalue weighted by Crippen LogP contribution is -2.20. The molecular weight excluding hydrogens is 472 g/mol. The minimum Gasteiger partial charge on any atom is -0.477 e. The van der Waals surface area contributed by atoms with E-state index in [9.17, 15) is 32.7 Å². The summed E-state index contributed by atoms with van der Waals surface area (Å²) >= 11 is 0. The monoisotopic (exact) mass is 488 g/mol. The number of nitrogens with one attached hydrogen (secondary N) is 1. The molecule has 2 heterocycles. The minimum atomic E-state index is -5.07. The number of carbonyl (C=O) groups is 1. The van der Waals surface area contributed by atoms with Gasteiger partial charge in [-0.3, -0.25) is 9.59 Å². The number of fused-ring (bicyclic) bond motifs is 2. The van der Waals surface area contributed by atoms with Crippen molar-refractivity contribution in [2.24, 2.45) is 0 Å². The third-order valence-corrected chi connectivity index (χ3v) is 5.99. The molecule has 7 nitrogen and oxygen atoms in total. The number of pyridine rings is 2. The zero-order valence-corrected chi connectivity index (χ0v) is 18.0. The molecule has 1 saturated carbocycles. The third-order valence-electron chi connectivity index (χ3n) is 5.99. The first kappa shape index (κ1) is 22.6. The molecule has 0 radical (unpaired) electrons. The molecule has 0 bridgehead atoms. The van der Waals surface area contributed by atoms with E-state index in [-0.39, 0.29) is 39.0 Å². The molecule has 2 aromatic carbocycles. The van der Waals surface area contributed by atoms with Crippen molar-refractivity contribution in [2.75, 3.05) is 0 Å². The first-order valence-corrected chi connectivity index (χ1v) is 10.5. The van der Waals surface area contributed by atoms with Crippen molar-refractivity contribution in [3.63, 3.8) is 0 Å². The Kier molecular flexibility index (Phi) is 4.97. The van der Waals surface area contributed by atoms with Gasteiger partial charge in [0.2, 0.25) is 11.0 Å². The molecule has 0 amide bonds. The van der Waals surface area contributed by atoms with E-state index in [1.807, 2.05) is 0 Å². The van der Waals surface area contributed by atoms with Gasteiger partial charge >= 0.3 is 12.3 Å². The van der Waals surface area contributed by atoms with Gasteiger partial charge in [0.05, 0.1) is 11.0 Å². The van der Waals surface area contributed by atoms with Gasteiger partial charge in [-0.05, 0) is 55.2 Å². The van der Waals surface area contributed by atoms with Crippen LogP contribution < -0.4 is 15.7 Å². The second kappa shape index (κ2) is 7.69. The molecule has 4 aromatic rings. The molecule has 0 atom stereocenters. The Balaban J connectivity index is 1.84. The number of aryl methyl sites for hydroxylation is 1. The number of aromatic amines is 1. The highest BCUT2D eigenvalue weighted by Gasteiger charge is 2.33. The second-order valence-corrected chi connectivity index (χ2v) is 8.38. The summed E-state index contributed by atoms with van der Waals surface area (Å²) in [6, 6.07) is 5.59. The van der Waals surface area contributed by atoms with Gasteiger partial charge in [0.1, 0.15) is 11.4 Å². The van der Waals surface area contributed by atoms with Gasteiger partial charge in [-0.25, -0.2) is 9.18 Å². The fourth-order valence-corrected chi connectivity index (χ4v) is 4.41. The zero-order valence-electron chi connectivity index (χ0n) is 18.0. The number of rotatable bonds is 4. The summed E-state index contributed by atoms with van der Waals surface area (Å²) in [5, 5.41) is 9.46. The average molecular weight is 488 g/mol. The highest BCUT2D eigenvalue weighted by Crippen LogP contribution is 2.41. The summed E-state index contributed by atoms with van der Waals surface area (Å²) in [4.78, 5) is 38.4. The van der Waals surface area contributed by atoms with Crippen LogP contribution in [0.25, 0.3) is 32.9 Å². The molecule has 11 heteroatoms. The fraction of sp³-hybridized carbons (Fsp3) is 0.208. The Labute approximate surface area is 193 Å². The predicted octanol–water partition coefficient (Wildman–Crippen LogP) is 4.89. The van der Waals surface area contributed by atoms with Crippen molar-refractivity contribution in [1.82, 2.24) is 9.55 Å². The Bertz CT molecular complexity index is 1670. The number of hydrogen-bond donors (Lipinski definition) is 2. The molecule has 35 heavy (non-hydrogen) atoms. The smallest absolute Gasteiger partial charge is 0.477 e. The fourth-order valence-electron chi connectivity index (χ4n) is 4.41. The summed E-state index contributed by atoms with van der Waals surface area (Å²) in [7, 11) is 0. The molecule has 1 aliphatic carbocycles. The summed E-state index contributed by atoms with van der Waals surface area (Å²) in [5.74, 6) is -3.08. The first-order chi connectivity index (χ1) is 16.4. The van der Waals surface area contributed by atoms with E-state index in [2.05, 4.69) is 9.72 Å². The maximum atomic E-state index is 15.4. The second-order valence-electron chi connectivity index (χ2n) is 8.38. The number of halogens is 4. The number of benzene rings is 2. The Hall–Kier alpha value is -4.15. The van der Waals surface area contributed by atoms with Gasteiger partial charge in [-0.1, -0.05) is 0 Å². The normalized spacial score (nSPS) is 14.0. The number of alkyl halides is 3. The number of hydrogen-bond acceptors (Lipinski definition) is 4. The van der Waals surface area contributed by atoms with Crippen molar-refractivity contribution in [3.05, 3.63) is 74.0 Å². The third kappa shape index (κ3) is 3.92. The molecular formula is C24H16F4N2O5. The molecule has 0 saturated heterocycles. The SMILES string of the molecule is Cc1c(-c2cc(OC(F)(F)F)c3[nH]c(=O)ccc3c2)c(F)cc2c(=O)c(C(=O)O)cn(C3CC3)c12. The molecule has 0 unspecified atom stereocenters. The van der Waals surface area contributed by atoms with Crippen LogP contribution in [0.1, 0.15) is 34.8 Å². The van der Waals surface area contributed by atoms with E-state index in [0.29, 0.717) is 5.52 Å². The van der Waals surface area contributed by atoms with Gasteiger partial charge in [0, 0.05) is 34.6 Å². The summed E-state index contributed by atoms with van der Waals surface area (Å²) < 4.78 is 60.5. The van der Waals surface area contributed by atoms with Gasteiger partial charge in [0.15, 0.2) is 5.75 Å². The first-order valence-electron chi connectivity index (χ1n) is 10.5. The van der Waals surface area contributed by atoms with Crippen LogP contribution >= 0.6 is 0 Å². The molecule has 2 N–H and O–H groups in total. The van der Waals surface area contributed by atoms with Crippen molar-refractivity contribution < 1.29 is 32.2 Å². The van der Waals surface area contributed by atoms with E-state index >= 15 is 4.39 Å². The van der Waals surface area contributed by atoms with Crippen LogP contribution in [0.3, 0.4) is 0 Å². The van der Waals surface area contributed by atoms with E-state index < -0.39 is 40.4 Å². The van der Waals surface area contributed by atoms with Crippen molar-refractivity contribution >= 4 is 27.8 Å². The van der Waals surface area contributed by atoms with Crippen LogP contribution in [0, 0.1) is 12.7 Å². The maximum absolute atomic E-state index is 15.4. The van der Waals surface area contributed by atoms with Crippen molar-refractivity contribution in [2.45, 2.75) is 32.2 Å². The van der Waals surface area contributed by atoms with Gasteiger partial charge in [-0.15, -0.1) is 13.2 Å². The highest BCUT2D eigenvalue weighted by atomic mass is 19.4. The lowest BCUT2D eigenvalue weighted by atomic mass is 9.94. The lowest BCUT2D eigenvalue weighted by Gasteiger charge is -2.18. The largest absolute Gasteiger partial charge is 0.573 e. The molecule has 180 valence electrons. The topological polar surface area (TPSA) is 101 Å². The molecule has 0 spiro atoms. The number of aromatic carboxylic acids is 1. The van der Waals surface area contributed by atoms with E-state index in [1.165, 1.54) is 25.3 Å². The average Bonchev–Trinajstić information content (AvgIpc) is 3.59. The maximum Gasteiger partial charge on any atom is 0.573 e. The van der Waals surface area contributed by atoms with Crippen LogP contribution in [0.4, 0.5) is 17.6 Å². The summed E-state index contributed by atoms with van der Waals surface area (Å²) in [6.07, 6.45) is -2.39. The zero-order chi connectivity index (χ0) is 25.2. The standard InChI is InChI=1S/C24H16F4N2O5/c1-10-19(12-6-11-2-5-18(31)29-20(11)17(7-12)35-24(26,27)28)16(25)8-14-21(10)30(13-3-4-13)9-15(22(14)32)23(33)34/h2,5-9,13H,3-4H2,1H3,(H,29,31)(H,33,34). The van der Waals surface area contributed by atoms with E-state index in [1.54, 1.807) is 4.57 Å². The van der Waals surface area contributed by atoms with Crippen LogP contribution in [0.2, 0.25) is 0 Å². The molecule has 1 fully saturated rings. The molecule has 5 rings (SSSR count). The molecule has 1 aliphatic rings. The van der Waals surface area contributed by atoms with E-state index in [0.717, 1.165) is 31.0 Å². The van der Waals surface area contributed by atoms with Gasteiger partial charge in [-0.2, -0.15) is 0 Å². The Morgan fingerprint density at radius 2 is 1.89 bits per heavy atom. The van der Waals surface area contributed by atoms with Crippen LogP contribution in [0.15, 0.2) is 46.1 Å². The van der Waals surface area contributed by atoms with Crippen molar-refractivity contribution in [3.8, 4) is 16.9 Å². The number of nitrogens with zero attached hydrogens (tertiary/aromatic N) is 1. The molecule has 2 aromatic heterocycles.